The molecular formula is C15H20N6. The summed E-state index contributed by atoms with van der Waals surface area (Å²) in [7, 11) is 1.90. The van der Waals surface area contributed by atoms with E-state index in [4.69, 9.17) is 0 Å². The van der Waals surface area contributed by atoms with Gasteiger partial charge in [0.25, 0.3) is 0 Å². The monoisotopic (exact) mass is 284 g/mol. The van der Waals surface area contributed by atoms with E-state index in [9.17, 15) is 0 Å². The summed E-state index contributed by atoms with van der Waals surface area (Å²) in [6, 6.07) is 2.04. The number of aryl methyl sites for hydroxylation is 1. The largest absolute Gasteiger partial charge is 0.372 e. The Morgan fingerprint density at radius 2 is 1.86 bits per heavy atom. The molecule has 6 nitrogen and oxygen atoms in total. The molecule has 0 atom stereocenters. The molecule has 1 fully saturated rings. The van der Waals surface area contributed by atoms with Gasteiger partial charge in [0.2, 0.25) is 0 Å². The van der Waals surface area contributed by atoms with E-state index >= 15 is 0 Å². The Balaban J connectivity index is 1.70. The first-order chi connectivity index (χ1) is 10.3. The van der Waals surface area contributed by atoms with Crippen molar-refractivity contribution in [2.45, 2.75) is 25.7 Å². The Hall–Kier alpha value is -2.24. The van der Waals surface area contributed by atoms with Crippen molar-refractivity contribution in [1.29, 1.82) is 0 Å². The van der Waals surface area contributed by atoms with Gasteiger partial charge < -0.3 is 10.2 Å². The maximum absolute atomic E-state index is 4.52. The smallest absolute Gasteiger partial charge is 0.147 e. The lowest BCUT2D eigenvalue weighted by molar-refractivity contribution is 0.493. The molecule has 1 aliphatic heterocycles. The number of piperidine rings is 1. The van der Waals surface area contributed by atoms with Crippen LogP contribution in [0, 0.1) is 6.92 Å². The van der Waals surface area contributed by atoms with Gasteiger partial charge in [0.1, 0.15) is 18.0 Å². The topological polar surface area (TPSA) is 66.8 Å². The molecule has 2 aromatic rings. The summed E-state index contributed by atoms with van der Waals surface area (Å²) >= 11 is 0. The van der Waals surface area contributed by atoms with E-state index in [1.165, 1.54) is 0 Å². The lowest BCUT2D eigenvalue weighted by Gasteiger charge is -2.32. The summed E-state index contributed by atoms with van der Waals surface area (Å²) < 4.78 is 0. The van der Waals surface area contributed by atoms with Gasteiger partial charge in [-0.05, 0) is 19.8 Å². The van der Waals surface area contributed by atoms with Gasteiger partial charge in [-0.2, -0.15) is 0 Å². The molecule has 1 saturated heterocycles. The van der Waals surface area contributed by atoms with E-state index < -0.39 is 0 Å². The van der Waals surface area contributed by atoms with Gasteiger partial charge in [0.15, 0.2) is 0 Å². The second-order valence-corrected chi connectivity index (χ2v) is 5.32. The van der Waals surface area contributed by atoms with E-state index in [2.05, 4.69) is 30.2 Å². The molecule has 3 rings (SSSR count). The molecule has 0 saturated carbocycles. The zero-order chi connectivity index (χ0) is 14.7. The van der Waals surface area contributed by atoms with Gasteiger partial charge in [0, 0.05) is 50.2 Å². The van der Waals surface area contributed by atoms with E-state index in [1.807, 2.05) is 20.0 Å². The highest BCUT2D eigenvalue weighted by Gasteiger charge is 2.24. The molecule has 110 valence electrons. The van der Waals surface area contributed by atoms with Gasteiger partial charge in [-0.1, -0.05) is 0 Å². The number of nitrogens with one attached hydrogen (secondary N) is 1. The van der Waals surface area contributed by atoms with Crippen LogP contribution in [0.1, 0.15) is 30.1 Å². The van der Waals surface area contributed by atoms with Crippen LogP contribution in [0.2, 0.25) is 0 Å². The molecule has 21 heavy (non-hydrogen) atoms. The zero-order valence-electron chi connectivity index (χ0n) is 12.5. The fourth-order valence-corrected chi connectivity index (χ4v) is 2.84. The van der Waals surface area contributed by atoms with Crippen LogP contribution in [0.5, 0.6) is 0 Å². The van der Waals surface area contributed by atoms with Crippen LogP contribution < -0.4 is 10.2 Å². The van der Waals surface area contributed by atoms with E-state index in [-0.39, 0.29) is 0 Å². The Morgan fingerprint density at radius 1 is 1.10 bits per heavy atom. The van der Waals surface area contributed by atoms with Crippen molar-refractivity contribution in [2.24, 2.45) is 0 Å². The third-order valence-electron chi connectivity index (χ3n) is 3.96. The molecule has 0 unspecified atom stereocenters. The van der Waals surface area contributed by atoms with Crippen molar-refractivity contribution < 1.29 is 0 Å². The van der Waals surface area contributed by atoms with Crippen molar-refractivity contribution in [3.8, 4) is 0 Å². The first-order valence-corrected chi connectivity index (χ1v) is 7.30. The summed E-state index contributed by atoms with van der Waals surface area (Å²) in [5.41, 5.74) is 2.09. The minimum Gasteiger partial charge on any atom is -0.372 e. The average molecular weight is 284 g/mol. The molecule has 1 N–H and O–H groups in total. The van der Waals surface area contributed by atoms with Gasteiger partial charge in [-0.25, -0.2) is 15.0 Å². The van der Waals surface area contributed by atoms with Crippen LogP contribution in [0.4, 0.5) is 11.6 Å². The van der Waals surface area contributed by atoms with Gasteiger partial charge in [-0.3, -0.25) is 4.98 Å². The first-order valence-electron chi connectivity index (χ1n) is 7.30. The standard InChI is InChI=1S/C15H20N6/c1-11-9-13(20-10-19-11)21-7-3-12(4-8-21)14-15(16-2)18-6-5-17-14/h5-6,9-10,12H,3-4,7-8H2,1-2H3,(H,16,18). The van der Waals surface area contributed by atoms with Crippen molar-refractivity contribution in [3.63, 3.8) is 0 Å². The average Bonchev–Trinajstić information content (AvgIpc) is 2.55. The second kappa shape index (κ2) is 6.03. The quantitative estimate of drug-likeness (QED) is 0.930. The fraction of sp³-hybridized carbons (Fsp3) is 0.467. The van der Waals surface area contributed by atoms with Crippen molar-refractivity contribution in [3.05, 3.63) is 36.2 Å². The number of anilines is 2. The minimum atomic E-state index is 0.459. The van der Waals surface area contributed by atoms with Crippen molar-refractivity contribution in [1.82, 2.24) is 19.9 Å². The van der Waals surface area contributed by atoms with Crippen LogP contribution in [0.25, 0.3) is 0 Å². The van der Waals surface area contributed by atoms with Gasteiger partial charge >= 0.3 is 0 Å². The number of hydrogen-bond acceptors (Lipinski definition) is 6. The lowest BCUT2D eigenvalue weighted by Crippen LogP contribution is -2.34. The molecule has 0 spiro atoms. The normalized spacial score (nSPS) is 16.0. The van der Waals surface area contributed by atoms with Crippen LogP contribution in [0.15, 0.2) is 24.8 Å². The number of rotatable bonds is 3. The number of aromatic nitrogens is 4. The Labute approximate surface area is 124 Å². The Morgan fingerprint density at radius 3 is 2.57 bits per heavy atom. The zero-order valence-corrected chi connectivity index (χ0v) is 12.5. The molecule has 0 aliphatic carbocycles. The Bertz CT molecular complexity index is 607. The first kappa shape index (κ1) is 13.7. The molecule has 0 radical (unpaired) electrons. The maximum atomic E-state index is 4.52. The van der Waals surface area contributed by atoms with E-state index in [0.717, 1.165) is 49.0 Å². The molecule has 6 heteroatoms. The molecule has 1 aliphatic rings. The third-order valence-corrected chi connectivity index (χ3v) is 3.96. The van der Waals surface area contributed by atoms with Crippen molar-refractivity contribution in [2.75, 3.05) is 30.4 Å². The maximum Gasteiger partial charge on any atom is 0.147 e. The number of hydrogen-bond donors (Lipinski definition) is 1. The highest BCUT2D eigenvalue weighted by Crippen LogP contribution is 2.31. The van der Waals surface area contributed by atoms with E-state index in [0.29, 0.717) is 5.92 Å². The van der Waals surface area contributed by atoms with Crippen LogP contribution in [-0.2, 0) is 0 Å². The highest BCUT2D eigenvalue weighted by atomic mass is 15.2. The summed E-state index contributed by atoms with van der Waals surface area (Å²) in [6.07, 6.45) is 7.27. The predicted octanol–water partition coefficient (Wildman–Crippen LogP) is 2.00. The van der Waals surface area contributed by atoms with Gasteiger partial charge in [0.05, 0.1) is 5.69 Å². The SMILES string of the molecule is CNc1nccnc1C1CCN(c2cc(C)ncn2)CC1. The fourth-order valence-electron chi connectivity index (χ4n) is 2.84. The predicted molar refractivity (Wildman–Crippen MR) is 82.5 cm³/mol. The molecule has 0 aromatic carbocycles. The van der Waals surface area contributed by atoms with Crippen LogP contribution in [-0.4, -0.2) is 40.1 Å². The second-order valence-electron chi connectivity index (χ2n) is 5.32. The summed E-state index contributed by atoms with van der Waals surface area (Å²) in [5, 5.41) is 3.14. The molecule has 2 aromatic heterocycles. The molecular weight excluding hydrogens is 264 g/mol. The minimum absolute atomic E-state index is 0.459. The summed E-state index contributed by atoms with van der Waals surface area (Å²) in [6.45, 7) is 3.97. The Kier molecular flexibility index (Phi) is 3.94. The molecule has 0 bridgehead atoms. The number of nitrogens with zero attached hydrogens (tertiary/aromatic N) is 5. The summed E-state index contributed by atoms with van der Waals surface area (Å²) in [5.74, 6) is 2.38. The molecule has 3 heterocycles. The highest BCUT2D eigenvalue weighted by molar-refractivity contribution is 5.43. The summed E-state index contributed by atoms with van der Waals surface area (Å²) in [4.78, 5) is 19.7. The van der Waals surface area contributed by atoms with Crippen molar-refractivity contribution >= 4 is 11.6 Å². The van der Waals surface area contributed by atoms with Crippen LogP contribution in [0.3, 0.4) is 0 Å². The van der Waals surface area contributed by atoms with Crippen LogP contribution >= 0.6 is 0 Å². The third kappa shape index (κ3) is 2.94. The van der Waals surface area contributed by atoms with Gasteiger partial charge in [-0.15, -0.1) is 0 Å². The molecule has 0 amide bonds. The lowest BCUT2D eigenvalue weighted by atomic mass is 9.93. The van der Waals surface area contributed by atoms with E-state index in [1.54, 1.807) is 18.7 Å².